The van der Waals surface area contributed by atoms with Gasteiger partial charge in [0.1, 0.15) is 5.82 Å². The zero-order chi connectivity index (χ0) is 19.8. The lowest BCUT2D eigenvalue weighted by molar-refractivity contribution is 0.174. The third kappa shape index (κ3) is 3.53. The number of hydrogen-bond acceptors (Lipinski definition) is 7. The van der Waals surface area contributed by atoms with Crippen molar-refractivity contribution in [2.45, 2.75) is 6.54 Å². The van der Waals surface area contributed by atoms with E-state index in [4.69, 9.17) is 19.4 Å². The first-order chi connectivity index (χ1) is 14.2. The summed E-state index contributed by atoms with van der Waals surface area (Å²) in [6.45, 7) is 5.00. The van der Waals surface area contributed by atoms with Crippen LogP contribution in [0, 0.1) is 0 Å². The molecule has 0 spiro atoms. The minimum atomic E-state index is 0.318. The number of ether oxygens (including phenoxy) is 2. The van der Waals surface area contributed by atoms with Crippen LogP contribution in [0.15, 0.2) is 42.5 Å². The highest BCUT2D eigenvalue weighted by Crippen LogP contribution is 2.33. The number of piperazine rings is 1. The average molecular weight is 391 g/mol. The lowest BCUT2D eigenvalue weighted by atomic mass is 10.1. The molecule has 3 aromatic rings. The molecule has 1 fully saturated rings. The molecule has 0 unspecified atom stereocenters. The minimum absolute atomic E-state index is 0.318. The molecule has 0 aliphatic carbocycles. The Morgan fingerprint density at radius 3 is 2.55 bits per heavy atom. The van der Waals surface area contributed by atoms with Crippen LogP contribution in [0.5, 0.6) is 11.5 Å². The third-order valence-corrected chi connectivity index (χ3v) is 5.49. The molecular weight excluding hydrogens is 366 g/mol. The molecular formula is C22H25N5O2. The fourth-order valence-corrected chi connectivity index (χ4v) is 3.93. The standard InChI is InChI=1S/C22H25N5O2/c1-25(2)21-17-5-3-4-6-18(17)23-22(24-21)27-11-9-26(10-12-27)14-16-7-8-19-20(13-16)29-15-28-19/h3-8,13H,9-12,14-15H2,1-2H3. The molecule has 5 rings (SSSR count). The zero-order valence-electron chi connectivity index (χ0n) is 16.8. The first kappa shape index (κ1) is 18.0. The molecule has 7 heteroatoms. The minimum Gasteiger partial charge on any atom is -0.454 e. The van der Waals surface area contributed by atoms with Gasteiger partial charge in [-0.05, 0) is 29.8 Å². The predicted molar refractivity (Wildman–Crippen MR) is 114 cm³/mol. The summed E-state index contributed by atoms with van der Waals surface area (Å²) >= 11 is 0. The van der Waals surface area contributed by atoms with Crippen LogP contribution in [0.4, 0.5) is 11.8 Å². The average Bonchev–Trinajstić information content (AvgIpc) is 3.21. The van der Waals surface area contributed by atoms with Gasteiger partial charge in [0.25, 0.3) is 0 Å². The second-order valence-electron chi connectivity index (χ2n) is 7.71. The number of para-hydroxylation sites is 1. The molecule has 0 amide bonds. The van der Waals surface area contributed by atoms with E-state index in [0.29, 0.717) is 6.79 Å². The number of benzene rings is 2. The number of aromatic nitrogens is 2. The van der Waals surface area contributed by atoms with Crippen molar-refractivity contribution in [1.82, 2.24) is 14.9 Å². The summed E-state index contributed by atoms with van der Waals surface area (Å²) in [5.74, 6) is 3.47. The Bertz CT molecular complexity index is 1030. The largest absolute Gasteiger partial charge is 0.454 e. The van der Waals surface area contributed by atoms with Crippen LogP contribution in [0.2, 0.25) is 0 Å². The second-order valence-corrected chi connectivity index (χ2v) is 7.71. The highest BCUT2D eigenvalue weighted by molar-refractivity contribution is 5.90. The van der Waals surface area contributed by atoms with Crippen molar-refractivity contribution in [3.05, 3.63) is 48.0 Å². The van der Waals surface area contributed by atoms with E-state index in [1.165, 1.54) is 5.56 Å². The number of nitrogens with zero attached hydrogens (tertiary/aromatic N) is 5. The smallest absolute Gasteiger partial charge is 0.231 e. The van der Waals surface area contributed by atoms with E-state index >= 15 is 0 Å². The van der Waals surface area contributed by atoms with Crippen LogP contribution in [-0.2, 0) is 6.54 Å². The van der Waals surface area contributed by atoms with Crippen LogP contribution in [0.25, 0.3) is 10.9 Å². The highest BCUT2D eigenvalue weighted by Gasteiger charge is 2.22. The molecule has 1 aromatic heterocycles. The van der Waals surface area contributed by atoms with E-state index in [-0.39, 0.29) is 0 Å². The van der Waals surface area contributed by atoms with Crippen LogP contribution < -0.4 is 19.3 Å². The number of rotatable bonds is 4. The fraction of sp³-hybridized carbons (Fsp3) is 0.364. The van der Waals surface area contributed by atoms with Crippen molar-refractivity contribution >= 4 is 22.7 Å². The van der Waals surface area contributed by atoms with E-state index in [0.717, 1.165) is 66.9 Å². The Morgan fingerprint density at radius 1 is 0.931 bits per heavy atom. The summed E-state index contributed by atoms with van der Waals surface area (Å²) in [6.07, 6.45) is 0. The number of anilines is 2. The Morgan fingerprint density at radius 2 is 1.72 bits per heavy atom. The summed E-state index contributed by atoms with van der Waals surface area (Å²) in [7, 11) is 4.06. The summed E-state index contributed by atoms with van der Waals surface area (Å²) in [4.78, 5) is 16.5. The lowest BCUT2D eigenvalue weighted by Crippen LogP contribution is -2.46. The quantitative estimate of drug-likeness (QED) is 0.678. The van der Waals surface area contributed by atoms with E-state index in [1.807, 2.05) is 32.3 Å². The Hall–Kier alpha value is -3.06. The van der Waals surface area contributed by atoms with Gasteiger partial charge < -0.3 is 19.3 Å². The molecule has 1 saturated heterocycles. The van der Waals surface area contributed by atoms with Crippen molar-refractivity contribution in [2.24, 2.45) is 0 Å². The lowest BCUT2D eigenvalue weighted by Gasteiger charge is -2.35. The van der Waals surface area contributed by atoms with E-state index < -0.39 is 0 Å². The molecule has 0 radical (unpaired) electrons. The van der Waals surface area contributed by atoms with Crippen molar-refractivity contribution in [1.29, 1.82) is 0 Å². The molecule has 0 N–H and O–H groups in total. The molecule has 29 heavy (non-hydrogen) atoms. The maximum Gasteiger partial charge on any atom is 0.231 e. The van der Waals surface area contributed by atoms with Crippen LogP contribution in [-0.4, -0.2) is 61.9 Å². The maximum absolute atomic E-state index is 5.50. The third-order valence-electron chi connectivity index (χ3n) is 5.49. The van der Waals surface area contributed by atoms with Gasteiger partial charge in [0.2, 0.25) is 12.7 Å². The Balaban J connectivity index is 1.29. The van der Waals surface area contributed by atoms with Gasteiger partial charge in [-0.2, -0.15) is 4.98 Å². The van der Waals surface area contributed by atoms with E-state index in [9.17, 15) is 0 Å². The van der Waals surface area contributed by atoms with Gasteiger partial charge in [0.15, 0.2) is 11.5 Å². The molecule has 150 valence electrons. The Labute approximate surface area is 170 Å². The topological polar surface area (TPSA) is 54.0 Å². The first-order valence-electron chi connectivity index (χ1n) is 9.97. The summed E-state index contributed by atoms with van der Waals surface area (Å²) < 4.78 is 10.9. The van der Waals surface area contributed by atoms with Crippen LogP contribution in [0.1, 0.15) is 5.56 Å². The van der Waals surface area contributed by atoms with Gasteiger partial charge in [0, 0.05) is 52.2 Å². The molecule has 0 atom stereocenters. The number of hydrogen-bond donors (Lipinski definition) is 0. The molecule has 7 nitrogen and oxygen atoms in total. The van der Waals surface area contributed by atoms with E-state index in [2.05, 4.69) is 39.0 Å². The summed E-state index contributed by atoms with van der Waals surface area (Å²) in [5, 5.41) is 1.09. The second kappa shape index (κ2) is 7.40. The van der Waals surface area contributed by atoms with Gasteiger partial charge in [-0.1, -0.05) is 18.2 Å². The normalized spacial score (nSPS) is 16.4. The monoisotopic (exact) mass is 391 g/mol. The summed E-state index contributed by atoms with van der Waals surface area (Å²) in [6, 6.07) is 14.4. The van der Waals surface area contributed by atoms with E-state index in [1.54, 1.807) is 0 Å². The Kier molecular flexibility index (Phi) is 4.60. The maximum atomic E-state index is 5.50. The molecule has 0 saturated carbocycles. The summed E-state index contributed by atoms with van der Waals surface area (Å²) in [5.41, 5.74) is 2.24. The first-order valence-corrected chi connectivity index (χ1v) is 9.97. The molecule has 3 heterocycles. The van der Waals surface area contributed by atoms with Gasteiger partial charge in [0.05, 0.1) is 5.52 Å². The van der Waals surface area contributed by atoms with Gasteiger partial charge in [-0.15, -0.1) is 0 Å². The van der Waals surface area contributed by atoms with Crippen LogP contribution >= 0.6 is 0 Å². The SMILES string of the molecule is CN(C)c1nc(N2CCN(Cc3ccc4c(c3)OCO4)CC2)nc2ccccc12. The molecule has 2 aromatic carbocycles. The van der Waals surface area contributed by atoms with Crippen molar-refractivity contribution in [3.8, 4) is 11.5 Å². The predicted octanol–water partition coefficient (Wildman–Crippen LogP) is 2.75. The van der Waals surface area contributed by atoms with Crippen molar-refractivity contribution in [3.63, 3.8) is 0 Å². The molecule has 0 bridgehead atoms. The molecule has 2 aliphatic rings. The van der Waals surface area contributed by atoms with Crippen LogP contribution in [0.3, 0.4) is 0 Å². The van der Waals surface area contributed by atoms with Crippen molar-refractivity contribution < 1.29 is 9.47 Å². The molecule has 2 aliphatic heterocycles. The zero-order valence-corrected chi connectivity index (χ0v) is 16.8. The van der Waals surface area contributed by atoms with Crippen molar-refractivity contribution in [2.75, 3.05) is 56.9 Å². The van der Waals surface area contributed by atoms with Gasteiger partial charge in [-0.3, -0.25) is 4.90 Å². The van der Waals surface area contributed by atoms with Gasteiger partial charge in [-0.25, -0.2) is 4.98 Å². The number of fused-ring (bicyclic) bond motifs is 2. The fourth-order valence-electron chi connectivity index (χ4n) is 3.93. The van der Waals surface area contributed by atoms with Gasteiger partial charge >= 0.3 is 0 Å². The highest BCUT2D eigenvalue weighted by atomic mass is 16.7.